The van der Waals surface area contributed by atoms with Crippen LogP contribution in [0.3, 0.4) is 0 Å². The normalized spacial score (nSPS) is 13.1. The number of carbonyl (C=O) groups excluding carboxylic acids is 1. The van der Waals surface area contributed by atoms with E-state index >= 15 is 0 Å². The number of carboxylic acid groups (broad SMARTS) is 1. The van der Waals surface area contributed by atoms with E-state index in [0.29, 0.717) is 6.54 Å². The van der Waals surface area contributed by atoms with Gasteiger partial charge in [-0.25, -0.2) is 14.8 Å². The Bertz CT molecular complexity index is 700. The van der Waals surface area contributed by atoms with Crippen LogP contribution in [0.15, 0.2) is 36.5 Å². The van der Waals surface area contributed by atoms with Crippen molar-refractivity contribution in [3.05, 3.63) is 53.6 Å². The molecule has 3 rings (SSSR count). The van der Waals surface area contributed by atoms with Crippen molar-refractivity contribution in [2.24, 2.45) is 0 Å². The molecule has 0 atom stereocenters. The van der Waals surface area contributed by atoms with E-state index in [-0.39, 0.29) is 17.4 Å². The molecule has 2 aromatic rings. The predicted octanol–water partition coefficient (Wildman–Crippen LogP) is 1.38. The highest BCUT2D eigenvalue weighted by Crippen LogP contribution is 2.28. The molecule has 1 aliphatic heterocycles. The lowest BCUT2D eigenvalue weighted by Gasteiger charge is -2.16. The Morgan fingerprint density at radius 3 is 2.80 bits per heavy atom. The highest BCUT2D eigenvalue weighted by atomic mass is 16.4. The van der Waals surface area contributed by atoms with E-state index < -0.39 is 5.97 Å². The van der Waals surface area contributed by atoms with Crippen molar-refractivity contribution < 1.29 is 14.7 Å². The van der Waals surface area contributed by atoms with E-state index in [9.17, 15) is 9.59 Å². The SMILES string of the molecule is O=C(O)c1nccc(C(=O)N2CCc3ccccc32)n1. The molecule has 1 amide bonds. The first-order valence-corrected chi connectivity index (χ1v) is 6.13. The molecule has 0 unspecified atom stereocenters. The lowest BCUT2D eigenvalue weighted by atomic mass is 10.2. The summed E-state index contributed by atoms with van der Waals surface area (Å²) in [6.07, 6.45) is 2.07. The van der Waals surface area contributed by atoms with Crippen LogP contribution in [0.2, 0.25) is 0 Å². The average molecular weight is 269 g/mol. The first kappa shape index (κ1) is 12.3. The number of nitrogens with zero attached hydrogens (tertiary/aromatic N) is 3. The Labute approximate surface area is 114 Å². The summed E-state index contributed by atoms with van der Waals surface area (Å²) in [7, 11) is 0. The number of hydrogen-bond donors (Lipinski definition) is 1. The molecule has 0 fully saturated rings. The maximum Gasteiger partial charge on any atom is 0.373 e. The number of benzene rings is 1. The number of aromatic nitrogens is 2. The zero-order chi connectivity index (χ0) is 14.1. The Balaban J connectivity index is 1.95. The number of carboxylic acids is 1. The number of hydrogen-bond acceptors (Lipinski definition) is 4. The van der Waals surface area contributed by atoms with Gasteiger partial charge in [0.25, 0.3) is 5.91 Å². The van der Waals surface area contributed by atoms with Crippen molar-refractivity contribution >= 4 is 17.6 Å². The van der Waals surface area contributed by atoms with Crippen molar-refractivity contribution in [2.75, 3.05) is 11.4 Å². The van der Waals surface area contributed by atoms with Crippen molar-refractivity contribution in [1.82, 2.24) is 9.97 Å². The molecule has 1 aromatic heterocycles. The Morgan fingerprint density at radius 1 is 1.20 bits per heavy atom. The standard InChI is InChI=1S/C14H11N3O3/c18-13(10-5-7-15-12(16-10)14(19)20)17-8-6-9-3-1-2-4-11(9)17/h1-5,7H,6,8H2,(H,19,20). The molecule has 0 spiro atoms. The van der Waals surface area contributed by atoms with Gasteiger partial charge in [-0.05, 0) is 24.1 Å². The summed E-state index contributed by atoms with van der Waals surface area (Å²) in [6, 6.07) is 9.08. The summed E-state index contributed by atoms with van der Waals surface area (Å²) in [4.78, 5) is 32.3. The second-order valence-electron chi connectivity index (χ2n) is 4.41. The number of para-hydroxylation sites is 1. The van der Waals surface area contributed by atoms with E-state index in [1.165, 1.54) is 12.3 Å². The minimum absolute atomic E-state index is 0.0918. The number of carbonyl (C=O) groups is 2. The van der Waals surface area contributed by atoms with Gasteiger partial charge in [-0.3, -0.25) is 4.79 Å². The topological polar surface area (TPSA) is 83.4 Å². The molecule has 0 radical (unpaired) electrons. The molecule has 6 nitrogen and oxygen atoms in total. The molecule has 0 bridgehead atoms. The van der Waals surface area contributed by atoms with Crippen LogP contribution in [0.5, 0.6) is 0 Å². The Kier molecular flexibility index (Phi) is 2.90. The van der Waals surface area contributed by atoms with Gasteiger partial charge in [-0.15, -0.1) is 0 Å². The minimum Gasteiger partial charge on any atom is -0.475 e. The highest BCUT2D eigenvalue weighted by molar-refractivity contribution is 6.06. The van der Waals surface area contributed by atoms with Crippen molar-refractivity contribution in [3.8, 4) is 0 Å². The second-order valence-corrected chi connectivity index (χ2v) is 4.41. The molecular weight excluding hydrogens is 258 g/mol. The van der Waals surface area contributed by atoms with E-state index in [0.717, 1.165) is 17.7 Å². The number of fused-ring (bicyclic) bond motifs is 1. The van der Waals surface area contributed by atoms with Gasteiger partial charge in [-0.1, -0.05) is 18.2 Å². The maximum atomic E-state index is 12.4. The first-order chi connectivity index (χ1) is 9.66. The van der Waals surface area contributed by atoms with E-state index in [2.05, 4.69) is 9.97 Å². The van der Waals surface area contributed by atoms with Crippen LogP contribution in [0.25, 0.3) is 0 Å². The van der Waals surface area contributed by atoms with Gasteiger partial charge in [0.1, 0.15) is 5.69 Å². The molecular formula is C14H11N3O3. The Hall–Kier alpha value is -2.76. The van der Waals surface area contributed by atoms with Crippen molar-refractivity contribution in [2.45, 2.75) is 6.42 Å². The third-order valence-electron chi connectivity index (χ3n) is 3.20. The molecule has 1 N–H and O–H groups in total. The number of amides is 1. The predicted molar refractivity (Wildman–Crippen MR) is 70.8 cm³/mol. The first-order valence-electron chi connectivity index (χ1n) is 6.13. The third kappa shape index (κ3) is 2.01. The van der Waals surface area contributed by atoms with Crippen LogP contribution < -0.4 is 4.90 Å². The fourth-order valence-electron chi connectivity index (χ4n) is 2.27. The van der Waals surface area contributed by atoms with Crippen LogP contribution in [-0.2, 0) is 6.42 Å². The summed E-state index contributed by atoms with van der Waals surface area (Å²) >= 11 is 0. The smallest absolute Gasteiger partial charge is 0.373 e. The summed E-state index contributed by atoms with van der Waals surface area (Å²) in [5.74, 6) is -1.93. The van der Waals surface area contributed by atoms with Crippen LogP contribution in [0.1, 0.15) is 26.7 Å². The van der Waals surface area contributed by atoms with Gasteiger partial charge in [0, 0.05) is 18.4 Å². The minimum atomic E-state index is -1.25. The Morgan fingerprint density at radius 2 is 2.00 bits per heavy atom. The zero-order valence-electron chi connectivity index (χ0n) is 10.5. The van der Waals surface area contributed by atoms with Crippen LogP contribution in [0, 0.1) is 0 Å². The molecule has 1 aliphatic rings. The van der Waals surface area contributed by atoms with Gasteiger partial charge < -0.3 is 10.0 Å². The molecule has 0 aliphatic carbocycles. The molecule has 100 valence electrons. The summed E-state index contributed by atoms with van der Waals surface area (Å²) in [5, 5.41) is 8.86. The number of anilines is 1. The molecule has 2 heterocycles. The van der Waals surface area contributed by atoms with Gasteiger partial charge in [0.05, 0.1) is 0 Å². The summed E-state index contributed by atoms with van der Waals surface area (Å²) < 4.78 is 0. The highest BCUT2D eigenvalue weighted by Gasteiger charge is 2.26. The fourth-order valence-corrected chi connectivity index (χ4v) is 2.27. The van der Waals surface area contributed by atoms with Crippen molar-refractivity contribution in [1.29, 1.82) is 0 Å². The molecule has 0 saturated carbocycles. The van der Waals surface area contributed by atoms with Crippen LogP contribution >= 0.6 is 0 Å². The van der Waals surface area contributed by atoms with Crippen LogP contribution in [0.4, 0.5) is 5.69 Å². The summed E-state index contributed by atoms with van der Waals surface area (Å²) in [6.45, 7) is 0.574. The molecule has 20 heavy (non-hydrogen) atoms. The van der Waals surface area contributed by atoms with Gasteiger partial charge >= 0.3 is 5.97 Å². The maximum absolute atomic E-state index is 12.4. The summed E-state index contributed by atoms with van der Waals surface area (Å²) in [5.41, 5.74) is 2.05. The molecule has 6 heteroatoms. The van der Waals surface area contributed by atoms with E-state index in [1.807, 2.05) is 24.3 Å². The largest absolute Gasteiger partial charge is 0.475 e. The lowest BCUT2D eigenvalue weighted by Crippen LogP contribution is -2.30. The fraction of sp³-hybridized carbons (Fsp3) is 0.143. The van der Waals surface area contributed by atoms with Gasteiger partial charge in [0.15, 0.2) is 0 Å². The average Bonchev–Trinajstić information content (AvgIpc) is 2.90. The quantitative estimate of drug-likeness (QED) is 0.890. The van der Waals surface area contributed by atoms with Crippen LogP contribution in [-0.4, -0.2) is 33.5 Å². The van der Waals surface area contributed by atoms with E-state index in [4.69, 9.17) is 5.11 Å². The van der Waals surface area contributed by atoms with E-state index in [1.54, 1.807) is 4.90 Å². The molecule has 0 saturated heterocycles. The lowest BCUT2D eigenvalue weighted by molar-refractivity contribution is 0.0683. The molecule has 1 aromatic carbocycles. The second kappa shape index (κ2) is 4.73. The van der Waals surface area contributed by atoms with Gasteiger partial charge in [-0.2, -0.15) is 0 Å². The number of aromatic carboxylic acids is 1. The number of rotatable bonds is 2. The third-order valence-corrected chi connectivity index (χ3v) is 3.20. The van der Waals surface area contributed by atoms with Crippen molar-refractivity contribution in [3.63, 3.8) is 0 Å². The van der Waals surface area contributed by atoms with Gasteiger partial charge in [0.2, 0.25) is 5.82 Å². The monoisotopic (exact) mass is 269 g/mol. The zero-order valence-corrected chi connectivity index (χ0v) is 10.5.